The Balaban J connectivity index is 0.000000288. The molecule has 2 N–H and O–H groups in total. The van der Waals surface area contributed by atoms with Crippen LogP contribution in [0.15, 0.2) is 78.0 Å². The van der Waals surface area contributed by atoms with Crippen molar-refractivity contribution in [2.24, 2.45) is 0 Å². The van der Waals surface area contributed by atoms with Gasteiger partial charge in [-0.25, -0.2) is 4.39 Å². The Morgan fingerprint density at radius 3 is 2.67 bits per heavy atom. The van der Waals surface area contributed by atoms with E-state index in [4.69, 9.17) is 4.74 Å². The van der Waals surface area contributed by atoms with Gasteiger partial charge < -0.3 is 24.8 Å². The number of anilines is 1. The maximum absolute atomic E-state index is 15.9. The third-order valence-corrected chi connectivity index (χ3v) is 9.58. The van der Waals surface area contributed by atoms with Crippen LogP contribution in [0.2, 0.25) is 0 Å². The molecule has 1 amide bonds. The molecule has 7 rings (SSSR count). The topological polar surface area (TPSA) is 88.5 Å². The molecule has 2 aromatic heterocycles. The zero-order valence-electron chi connectivity index (χ0n) is 28.0. The second-order valence-corrected chi connectivity index (χ2v) is 12.8. The summed E-state index contributed by atoms with van der Waals surface area (Å²) in [6.07, 6.45) is 12.9. The van der Waals surface area contributed by atoms with Gasteiger partial charge in [-0.3, -0.25) is 14.6 Å². The Hall–Kier alpha value is -4.76. The molecule has 5 aromatic rings. The van der Waals surface area contributed by atoms with Gasteiger partial charge in [0.25, 0.3) is 0 Å². The quantitative estimate of drug-likeness (QED) is 0.119. The molecule has 2 aliphatic rings. The Kier molecular flexibility index (Phi) is 10.3. The van der Waals surface area contributed by atoms with Crippen molar-refractivity contribution >= 4 is 33.8 Å². The molecule has 2 aliphatic heterocycles. The first-order chi connectivity index (χ1) is 23.4. The van der Waals surface area contributed by atoms with E-state index in [1.807, 2.05) is 54.3 Å². The lowest BCUT2D eigenvalue weighted by Crippen LogP contribution is -2.35. The number of aromatic nitrogens is 2. The number of unbranched alkanes of at least 4 members (excludes halogenated alkanes) is 1. The summed E-state index contributed by atoms with van der Waals surface area (Å²) in [6, 6.07) is 18.1. The van der Waals surface area contributed by atoms with Crippen LogP contribution in [-0.2, 0) is 4.79 Å². The molecule has 0 bridgehead atoms. The van der Waals surface area contributed by atoms with Crippen LogP contribution in [0.5, 0.6) is 11.5 Å². The first kappa shape index (κ1) is 33.2. The first-order valence-electron chi connectivity index (χ1n) is 17.0. The molecule has 0 spiro atoms. The summed E-state index contributed by atoms with van der Waals surface area (Å²) >= 11 is 0. The molecule has 0 aliphatic carbocycles. The number of nitrogens with one attached hydrogen (secondary N) is 2. The molecule has 0 saturated carbocycles. The molecule has 1 saturated heterocycles. The minimum Gasteiger partial charge on any atom is -0.451 e. The molecular weight excluding hydrogens is 605 g/mol. The number of aryl methyl sites for hydroxylation is 1. The predicted octanol–water partition coefficient (Wildman–Crippen LogP) is 7.38. The van der Waals surface area contributed by atoms with Crippen LogP contribution in [0.1, 0.15) is 62.5 Å². The number of carbonyl (C=O) groups is 1. The summed E-state index contributed by atoms with van der Waals surface area (Å²) in [5.41, 5.74) is 3.44. The van der Waals surface area contributed by atoms with Crippen LogP contribution < -0.4 is 25.7 Å². The molecule has 2 atom stereocenters. The van der Waals surface area contributed by atoms with Gasteiger partial charge in [-0.1, -0.05) is 50.1 Å². The minimum absolute atomic E-state index is 0.173. The summed E-state index contributed by atoms with van der Waals surface area (Å²) in [4.78, 5) is 29.4. The average Bonchev–Trinajstić information content (AvgIpc) is 3.11. The second-order valence-electron chi connectivity index (χ2n) is 12.8. The molecule has 48 heavy (non-hydrogen) atoms. The number of pyridine rings is 2. The summed E-state index contributed by atoms with van der Waals surface area (Å²) in [5, 5.41) is 8.36. The highest BCUT2D eigenvalue weighted by atomic mass is 19.1. The van der Waals surface area contributed by atoms with E-state index in [9.17, 15) is 9.59 Å². The lowest BCUT2D eigenvalue weighted by Gasteiger charge is -2.37. The van der Waals surface area contributed by atoms with E-state index < -0.39 is 5.82 Å². The summed E-state index contributed by atoms with van der Waals surface area (Å²) < 4.78 is 24.4. The van der Waals surface area contributed by atoms with Crippen molar-refractivity contribution in [2.45, 2.75) is 64.3 Å². The van der Waals surface area contributed by atoms with E-state index in [0.29, 0.717) is 46.2 Å². The number of ether oxygens (including phenoxy) is 1. The fourth-order valence-electron chi connectivity index (χ4n) is 6.99. The Morgan fingerprint density at radius 1 is 1.12 bits per heavy atom. The number of halogens is 1. The van der Waals surface area contributed by atoms with E-state index in [1.165, 1.54) is 25.3 Å². The van der Waals surface area contributed by atoms with Crippen molar-refractivity contribution < 1.29 is 13.9 Å². The number of carbonyl (C=O) groups excluding carboxylic acids is 1. The van der Waals surface area contributed by atoms with Crippen LogP contribution >= 0.6 is 0 Å². The average molecular weight is 650 g/mol. The van der Waals surface area contributed by atoms with Crippen molar-refractivity contribution in [3.8, 4) is 17.2 Å². The molecule has 1 fully saturated rings. The molecule has 0 radical (unpaired) electrons. The molecule has 3 aromatic carbocycles. The van der Waals surface area contributed by atoms with Gasteiger partial charge in [0.05, 0.1) is 11.1 Å². The van der Waals surface area contributed by atoms with Crippen molar-refractivity contribution in [3.63, 3.8) is 0 Å². The fourth-order valence-corrected chi connectivity index (χ4v) is 6.99. The molecule has 250 valence electrons. The summed E-state index contributed by atoms with van der Waals surface area (Å²) in [5.74, 6) is 0.882. The van der Waals surface area contributed by atoms with Gasteiger partial charge in [0.15, 0.2) is 22.7 Å². The van der Waals surface area contributed by atoms with Crippen LogP contribution in [0.3, 0.4) is 0 Å². The maximum Gasteiger partial charge on any atom is 0.207 e. The van der Waals surface area contributed by atoms with E-state index in [-0.39, 0.29) is 11.3 Å². The highest BCUT2D eigenvalue weighted by molar-refractivity contribution is 5.97. The Morgan fingerprint density at radius 2 is 1.94 bits per heavy atom. The Bertz CT molecular complexity index is 1960. The van der Waals surface area contributed by atoms with Gasteiger partial charge in [-0.15, -0.1) is 0 Å². The van der Waals surface area contributed by atoms with Gasteiger partial charge in [0, 0.05) is 55.7 Å². The zero-order valence-corrected chi connectivity index (χ0v) is 28.0. The number of hydrogen-bond acceptors (Lipinski definition) is 6. The van der Waals surface area contributed by atoms with Crippen molar-refractivity contribution in [3.05, 3.63) is 100 Å². The number of amides is 1. The van der Waals surface area contributed by atoms with Crippen LogP contribution in [0.4, 0.5) is 10.1 Å². The maximum atomic E-state index is 15.9. The van der Waals surface area contributed by atoms with Gasteiger partial charge in [0.2, 0.25) is 6.41 Å². The zero-order chi connectivity index (χ0) is 33.6. The third-order valence-electron chi connectivity index (χ3n) is 9.58. The molecule has 9 heteroatoms. The summed E-state index contributed by atoms with van der Waals surface area (Å²) in [7, 11) is 1.97. The molecular formula is C39H44FN5O3. The number of fused-ring (bicyclic) bond motifs is 3. The van der Waals surface area contributed by atoms with Gasteiger partial charge in [-0.05, 0) is 80.3 Å². The number of benzene rings is 3. The number of piperidine rings is 1. The molecule has 8 nitrogen and oxygen atoms in total. The first-order valence-corrected chi connectivity index (χ1v) is 17.0. The van der Waals surface area contributed by atoms with Crippen molar-refractivity contribution in [1.29, 1.82) is 0 Å². The predicted molar refractivity (Wildman–Crippen MR) is 191 cm³/mol. The highest BCUT2D eigenvalue weighted by Gasteiger charge is 2.32. The second kappa shape index (κ2) is 15.0. The summed E-state index contributed by atoms with van der Waals surface area (Å²) in [6.45, 7) is 6.12. The minimum atomic E-state index is -0.428. The van der Waals surface area contributed by atoms with Crippen LogP contribution in [0, 0.1) is 12.7 Å². The van der Waals surface area contributed by atoms with Crippen molar-refractivity contribution in [1.82, 2.24) is 20.2 Å². The third kappa shape index (κ3) is 6.78. The highest BCUT2D eigenvalue weighted by Crippen LogP contribution is 2.48. The standard InChI is InChI=1S/C30H24FN3O2.C9H20N2O/c1-18-16-34-25-12-19-6-2-3-7-20(19)13-26(25)36-30-27(34)23(29(18)35)14-24(31)28(30)33-11-5-9-22(17-33)21-8-4-10-32-15-21;1-3-4-5-9(10-2)6-7-11-8-12/h2-4,6-8,10,12-16,22H,5,9,11,17H2,1H3;8-10H,3-7H2,1-2H3,(H,11,12). The van der Waals surface area contributed by atoms with Crippen LogP contribution in [-0.4, -0.2) is 48.7 Å². The lowest BCUT2D eigenvalue weighted by atomic mass is 9.91. The van der Waals surface area contributed by atoms with E-state index in [1.54, 1.807) is 13.1 Å². The smallest absolute Gasteiger partial charge is 0.207 e. The van der Waals surface area contributed by atoms with Crippen LogP contribution in [0.25, 0.3) is 27.4 Å². The van der Waals surface area contributed by atoms with E-state index in [2.05, 4.69) is 45.6 Å². The molecule has 2 unspecified atom stereocenters. The van der Waals surface area contributed by atoms with Gasteiger partial charge >= 0.3 is 0 Å². The number of nitrogens with zero attached hydrogens (tertiary/aromatic N) is 3. The number of hydrogen-bond donors (Lipinski definition) is 2. The SMILES string of the molecule is CCCCC(CCNC=O)NC.Cc1cn2c3c(c(N4CCCC(c5cccnc5)C4)c(F)cc3c1=O)Oc1cc3ccccc3cc1-2. The lowest BCUT2D eigenvalue weighted by molar-refractivity contribution is -0.109. The Labute approximate surface area is 280 Å². The molecule has 4 heterocycles. The van der Waals surface area contributed by atoms with Crippen molar-refractivity contribution in [2.75, 3.05) is 31.6 Å². The number of rotatable bonds is 10. The largest absolute Gasteiger partial charge is 0.451 e. The fraction of sp³-hybridized carbons (Fsp3) is 0.359. The van der Waals surface area contributed by atoms with E-state index in [0.717, 1.165) is 60.8 Å². The monoisotopic (exact) mass is 649 g/mol. The van der Waals surface area contributed by atoms with Gasteiger partial charge in [0.1, 0.15) is 11.2 Å². The van der Waals surface area contributed by atoms with E-state index >= 15 is 4.39 Å². The van der Waals surface area contributed by atoms with Gasteiger partial charge in [-0.2, -0.15) is 0 Å². The normalized spacial score (nSPS) is 15.7.